The lowest BCUT2D eigenvalue weighted by atomic mass is 9.96. The summed E-state index contributed by atoms with van der Waals surface area (Å²) in [5, 5.41) is 12.8. The van der Waals surface area contributed by atoms with E-state index >= 15 is 0 Å². The van der Waals surface area contributed by atoms with Crippen LogP contribution < -0.4 is 16.8 Å². The number of nitrogens with zero attached hydrogens (tertiary/aromatic N) is 3. The topological polar surface area (TPSA) is 177 Å². The molecule has 0 radical (unpaired) electrons. The van der Waals surface area contributed by atoms with Gasteiger partial charge in [0.15, 0.2) is 0 Å². The normalized spacial score (nSPS) is 14.5. The number of nitrogens with one attached hydrogen (secondary N) is 1. The smallest absolute Gasteiger partial charge is 0.328 e. The molecule has 6 N–H and O–H groups in total. The minimum atomic E-state index is -1.41. The molecule has 2 aromatic carbocycles. The predicted molar refractivity (Wildman–Crippen MR) is 139 cm³/mol. The zero-order valence-electron chi connectivity index (χ0n) is 19.3. The minimum Gasteiger partial charge on any atom is -0.480 e. The van der Waals surface area contributed by atoms with Crippen molar-refractivity contribution in [2.24, 2.45) is 21.5 Å². The van der Waals surface area contributed by atoms with Crippen LogP contribution in [0, 0.1) is 0 Å². The predicted octanol–water partition coefficient (Wildman–Crippen LogP) is 2.42. The second kappa shape index (κ2) is 10.9. The Morgan fingerprint density at radius 3 is 2.76 bits per heavy atom. The van der Waals surface area contributed by atoms with Crippen molar-refractivity contribution in [3.63, 3.8) is 0 Å². The molecule has 0 unspecified atom stereocenters. The number of hydrogen-bond acceptors (Lipinski definition) is 5. The fourth-order valence-electron chi connectivity index (χ4n) is 4.02. The number of guanidine groups is 1. The summed E-state index contributed by atoms with van der Waals surface area (Å²) in [6, 6.07) is 7.21. The summed E-state index contributed by atoms with van der Waals surface area (Å²) in [6.45, 7) is 0.211. The summed E-state index contributed by atoms with van der Waals surface area (Å²) in [5.41, 5.74) is 13.0. The van der Waals surface area contributed by atoms with Gasteiger partial charge in [-0.05, 0) is 41.8 Å². The van der Waals surface area contributed by atoms with Crippen LogP contribution in [-0.4, -0.2) is 59.2 Å². The van der Waals surface area contributed by atoms with Gasteiger partial charge in [0, 0.05) is 24.0 Å². The molecule has 0 bridgehead atoms. The zero-order chi connectivity index (χ0) is 26.7. The molecule has 37 heavy (non-hydrogen) atoms. The van der Waals surface area contributed by atoms with Crippen LogP contribution in [0.5, 0.6) is 0 Å². The van der Waals surface area contributed by atoms with Crippen LogP contribution >= 0.6 is 23.2 Å². The van der Waals surface area contributed by atoms with Crippen LogP contribution in [0.3, 0.4) is 0 Å². The molecule has 1 atom stereocenters. The van der Waals surface area contributed by atoms with Gasteiger partial charge in [-0.15, -0.1) is 0 Å². The monoisotopic (exact) mass is 544 g/mol. The van der Waals surface area contributed by atoms with E-state index in [1.807, 2.05) is 12.1 Å². The number of carboxylic acids is 1. The molecule has 0 saturated carbocycles. The number of carboxylic acid groups (broad SMARTS) is 1. The van der Waals surface area contributed by atoms with Crippen LogP contribution in [0.4, 0.5) is 0 Å². The molecule has 4 rings (SSSR count). The molecule has 3 aromatic rings. The number of hydrogen-bond donors (Lipinski definition) is 4. The summed E-state index contributed by atoms with van der Waals surface area (Å²) in [7, 11) is 0. The van der Waals surface area contributed by atoms with E-state index in [1.165, 1.54) is 0 Å². The van der Waals surface area contributed by atoms with E-state index in [0.717, 1.165) is 11.7 Å². The lowest BCUT2D eigenvalue weighted by Crippen LogP contribution is -2.43. The van der Waals surface area contributed by atoms with Gasteiger partial charge in [0.05, 0.1) is 34.8 Å². The quantitative estimate of drug-likeness (QED) is 0.272. The Hall–Kier alpha value is -4.09. The Bertz CT molecular complexity index is 1450. The summed E-state index contributed by atoms with van der Waals surface area (Å²) >= 11 is 13.0. The molecular formula is C24H22Cl2N6O5. The van der Waals surface area contributed by atoms with Gasteiger partial charge in [-0.3, -0.25) is 9.59 Å². The third-order valence-corrected chi connectivity index (χ3v) is 6.58. The first kappa shape index (κ1) is 26.0. The summed E-state index contributed by atoms with van der Waals surface area (Å²) in [4.78, 5) is 46.6. The minimum absolute atomic E-state index is 0.0208. The van der Waals surface area contributed by atoms with Crippen LogP contribution in [0.2, 0.25) is 10.0 Å². The average molecular weight is 545 g/mol. The van der Waals surface area contributed by atoms with Gasteiger partial charge in [0.1, 0.15) is 11.6 Å². The molecule has 2 heterocycles. The highest BCUT2D eigenvalue weighted by molar-refractivity contribution is 6.40. The first-order chi connectivity index (χ1) is 17.7. The van der Waals surface area contributed by atoms with Crippen LogP contribution in [0.1, 0.15) is 31.8 Å². The second-order valence-electron chi connectivity index (χ2n) is 8.18. The lowest BCUT2D eigenvalue weighted by molar-refractivity contribution is -0.138. The van der Waals surface area contributed by atoms with Crippen molar-refractivity contribution in [1.29, 1.82) is 0 Å². The standard InChI is InChI=1S/C24H22Cl2N6O5/c25-16-7-14-10-32(22(34)13-2-1-12-4-6-37-18(12)8-13)5-3-15(14)20(26)19(16)21(33)31-17(23(35)36)9-29-24(28)30-11-27/h1-2,4,6-8,11,17H,3,5,9-10H2,(H,31,33)(H,35,36)(H4,27,28,29,30)/t17-/m0/s1. The highest BCUT2D eigenvalue weighted by atomic mass is 35.5. The molecule has 2 amide bonds. The maximum atomic E-state index is 13.1. The molecular weight excluding hydrogens is 523 g/mol. The van der Waals surface area contributed by atoms with E-state index in [4.69, 9.17) is 39.1 Å². The molecule has 0 spiro atoms. The van der Waals surface area contributed by atoms with E-state index < -0.39 is 17.9 Å². The van der Waals surface area contributed by atoms with E-state index in [2.05, 4.69) is 15.3 Å². The molecule has 1 aliphatic rings. The van der Waals surface area contributed by atoms with E-state index in [-0.39, 0.29) is 40.6 Å². The van der Waals surface area contributed by atoms with Crippen molar-refractivity contribution in [3.05, 3.63) is 68.9 Å². The number of nitrogens with two attached hydrogens (primary N) is 2. The molecule has 0 aliphatic carbocycles. The number of halogens is 2. The highest BCUT2D eigenvalue weighted by Gasteiger charge is 2.29. The van der Waals surface area contributed by atoms with E-state index in [1.54, 1.807) is 29.4 Å². The van der Waals surface area contributed by atoms with Crippen LogP contribution in [-0.2, 0) is 17.8 Å². The number of carbonyl (C=O) groups is 3. The second-order valence-corrected chi connectivity index (χ2v) is 8.96. The highest BCUT2D eigenvalue weighted by Crippen LogP contribution is 2.35. The molecule has 1 aromatic heterocycles. The number of furan rings is 1. The van der Waals surface area contributed by atoms with Gasteiger partial charge in [-0.2, -0.15) is 0 Å². The van der Waals surface area contributed by atoms with Crippen LogP contribution in [0.25, 0.3) is 11.0 Å². The third kappa shape index (κ3) is 5.52. The SMILES string of the molecule is NC=NC(N)=NC[C@H](NC(=O)c1c(Cl)cc2c(c1Cl)CCN(C(=O)c1ccc3ccoc3c1)C2)C(=O)O. The molecule has 13 heteroatoms. The van der Waals surface area contributed by atoms with Gasteiger partial charge in [0.2, 0.25) is 5.96 Å². The fraction of sp³-hybridized carbons (Fsp3) is 0.208. The summed E-state index contributed by atoms with van der Waals surface area (Å²) < 4.78 is 5.39. The Kier molecular flexibility index (Phi) is 7.65. The molecule has 11 nitrogen and oxygen atoms in total. The number of fused-ring (bicyclic) bond motifs is 2. The number of amides is 2. The number of rotatable bonds is 6. The third-order valence-electron chi connectivity index (χ3n) is 5.87. The fourth-order valence-corrected chi connectivity index (χ4v) is 4.79. The maximum absolute atomic E-state index is 13.1. The molecule has 1 aliphatic heterocycles. The lowest BCUT2D eigenvalue weighted by Gasteiger charge is -2.30. The van der Waals surface area contributed by atoms with Crippen molar-refractivity contribution in [2.45, 2.75) is 19.0 Å². The number of benzene rings is 2. The average Bonchev–Trinajstić information content (AvgIpc) is 3.33. The van der Waals surface area contributed by atoms with E-state index in [0.29, 0.717) is 35.2 Å². The zero-order valence-corrected chi connectivity index (χ0v) is 20.8. The Balaban J connectivity index is 1.53. The summed E-state index contributed by atoms with van der Waals surface area (Å²) in [6.07, 6.45) is 2.85. The number of aliphatic imine (C=N–C) groups is 2. The Morgan fingerprint density at radius 1 is 1.24 bits per heavy atom. The van der Waals surface area contributed by atoms with Crippen molar-refractivity contribution >= 4 is 64.3 Å². The first-order valence-corrected chi connectivity index (χ1v) is 11.8. The molecule has 0 fully saturated rings. The number of carbonyl (C=O) groups excluding carboxylic acids is 2. The molecule has 0 saturated heterocycles. The first-order valence-electron chi connectivity index (χ1n) is 11.0. The maximum Gasteiger partial charge on any atom is 0.328 e. The van der Waals surface area contributed by atoms with Crippen molar-refractivity contribution in [2.75, 3.05) is 13.1 Å². The Labute approximate surface area is 220 Å². The van der Waals surface area contributed by atoms with Gasteiger partial charge >= 0.3 is 5.97 Å². The molecule has 192 valence electrons. The van der Waals surface area contributed by atoms with Gasteiger partial charge in [0.25, 0.3) is 11.8 Å². The van der Waals surface area contributed by atoms with Crippen molar-refractivity contribution in [3.8, 4) is 0 Å². The number of aliphatic carboxylic acids is 1. The largest absolute Gasteiger partial charge is 0.480 e. The van der Waals surface area contributed by atoms with E-state index in [9.17, 15) is 19.5 Å². The van der Waals surface area contributed by atoms with Gasteiger partial charge in [-0.25, -0.2) is 14.8 Å². The van der Waals surface area contributed by atoms with Gasteiger partial charge < -0.3 is 31.2 Å². The van der Waals surface area contributed by atoms with Crippen molar-refractivity contribution < 1.29 is 23.9 Å². The van der Waals surface area contributed by atoms with Gasteiger partial charge in [-0.1, -0.05) is 29.3 Å². The Morgan fingerprint density at radius 2 is 2.03 bits per heavy atom. The van der Waals surface area contributed by atoms with Crippen molar-refractivity contribution in [1.82, 2.24) is 10.2 Å². The summed E-state index contributed by atoms with van der Waals surface area (Å²) in [5.74, 6) is -2.54. The van der Waals surface area contributed by atoms with Crippen LogP contribution in [0.15, 0.2) is 51.0 Å².